The second kappa shape index (κ2) is 6.03. The maximum Gasteiger partial charge on any atom is 0.433 e. The Balaban J connectivity index is 1.78. The third kappa shape index (κ3) is 3.40. The first kappa shape index (κ1) is 18.3. The largest absolute Gasteiger partial charge is 0.433 e. The molecule has 1 N–H and O–H groups in total. The van der Waals surface area contributed by atoms with Gasteiger partial charge in [-0.05, 0) is 24.1 Å². The van der Waals surface area contributed by atoms with Crippen LogP contribution in [0.3, 0.4) is 0 Å². The fraction of sp³-hybridized carbons (Fsp3) is 0.375. The average molecular weight is 377 g/mol. The van der Waals surface area contributed by atoms with E-state index in [1.807, 2.05) is 0 Å². The first-order valence-electron chi connectivity index (χ1n) is 7.54. The van der Waals surface area contributed by atoms with Crippen LogP contribution in [-0.4, -0.2) is 39.8 Å². The van der Waals surface area contributed by atoms with Gasteiger partial charge >= 0.3 is 6.18 Å². The van der Waals surface area contributed by atoms with Gasteiger partial charge < -0.3 is 9.88 Å². The summed E-state index contributed by atoms with van der Waals surface area (Å²) in [5.74, 6) is -4.75. The van der Waals surface area contributed by atoms with Gasteiger partial charge in [0.25, 0.3) is 11.8 Å². The van der Waals surface area contributed by atoms with Crippen LogP contribution in [0.2, 0.25) is 0 Å². The minimum absolute atomic E-state index is 0.0745. The van der Waals surface area contributed by atoms with Crippen LogP contribution in [0.5, 0.6) is 0 Å². The van der Waals surface area contributed by atoms with Crippen LogP contribution in [0.25, 0.3) is 0 Å². The molecule has 3 heterocycles. The molecule has 26 heavy (non-hydrogen) atoms. The number of H-pyrrole nitrogens is 1. The number of carbonyl (C=O) groups is 1. The number of likely N-dealkylation sites (tertiary alicyclic amines) is 1. The van der Waals surface area contributed by atoms with Crippen molar-refractivity contribution in [3.63, 3.8) is 0 Å². The van der Waals surface area contributed by atoms with Gasteiger partial charge in [0.15, 0.2) is 0 Å². The molecule has 0 atom stereocenters. The van der Waals surface area contributed by atoms with Crippen molar-refractivity contribution in [2.24, 2.45) is 0 Å². The summed E-state index contributed by atoms with van der Waals surface area (Å²) in [5.41, 5.74) is -0.435. The first-order valence-corrected chi connectivity index (χ1v) is 7.54. The molecule has 0 unspecified atom stereocenters. The summed E-state index contributed by atoms with van der Waals surface area (Å²) < 4.78 is 77.2. The number of nitrogens with one attached hydrogen (secondary N) is 1. The van der Waals surface area contributed by atoms with Gasteiger partial charge in [0, 0.05) is 18.2 Å². The first-order chi connectivity index (χ1) is 12.0. The molecule has 1 amide bonds. The van der Waals surface area contributed by atoms with Crippen molar-refractivity contribution in [1.82, 2.24) is 14.9 Å². The SMILES string of the molecule is Cc1c(Cc2ccc(C(F)(F)F)nc2F)c[nH]c1C(=O)N1CC(F)(F)C1. The van der Waals surface area contributed by atoms with Crippen molar-refractivity contribution in [1.29, 1.82) is 0 Å². The number of aromatic amines is 1. The van der Waals surface area contributed by atoms with E-state index in [1.54, 1.807) is 6.92 Å². The number of halogens is 6. The second-order valence-electron chi connectivity index (χ2n) is 6.15. The third-order valence-corrected chi connectivity index (χ3v) is 4.19. The molecule has 0 spiro atoms. The van der Waals surface area contributed by atoms with Crippen LogP contribution < -0.4 is 0 Å². The van der Waals surface area contributed by atoms with E-state index in [0.29, 0.717) is 17.2 Å². The predicted molar refractivity (Wildman–Crippen MR) is 78.4 cm³/mol. The molecule has 140 valence electrons. The van der Waals surface area contributed by atoms with Crippen molar-refractivity contribution in [3.05, 3.63) is 52.4 Å². The van der Waals surface area contributed by atoms with E-state index in [1.165, 1.54) is 6.20 Å². The Morgan fingerprint density at radius 2 is 1.92 bits per heavy atom. The number of aromatic nitrogens is 2. The monoisotopic (exact) mass is 377 g/mol. The summed E-state index contributed by atoms with van der Waals surface area (Å²) in [6.45, 7) is 0.209. The molecule has 0 saturated carbocycles. The van der Waals surface area contributed by atoms with Gasteiger partial charge in [-0.2, -0.15) is 17.6 Å². The molecular weight excluding hydrogens is 364 g/mol. The highest BCUT2D eigenvalue weighted by Gasteiger charge is 2.46. The van der Waals surface area contributed by atoms with Gasteiger partial charge in [-0.3, -0.25) is 4.79 Å². The Morgan fingerprint density at radius 1 is 1.27 bits per heavy atom. The van der Waals surface area contributed by atoms with Crippen LogP contribution in [0.1, 0.15) is 32.9 Å². The van der Waals surface area contributed by atoms with Gasteiger partial charge in [-0.1, -0.05) is 6.07 Å². The highest BCUT2D eigenvalue weighted by Crippen LogP contribution is 2.30. The molecule has 0 aromatic carbocycles. The fourth-order valence-corrected chi connectivity index (χ4v) is 2.71. The smallest absolute Gasteiger partial charge is 0.357 e. The molecule has 2 aromatic heterocycles. The molecule has 0 aliphatic carbocycles. The van der Waals surface area contributed by atoms with Crippen LogP contribution in [0.15, 0.2) is 18.3 Å². The van der Waals surface area contributed by atoms with Crippen LogP contribution >= 0.6 is 0 Å². The van der Waals surface area contributed by atoms with Crippen LogP contribution in [0.4, 0.5) is 26.3 Å². The summed E-state index contributed by atoms with van der Waals surface area (Å²) in [7, 11) is 0. The van der Waals surface area contributed by atoms with E-state index in [2.05, 4.69) is 9.97 Å². The molecule has 2 aromatic rings. The van der Waals surface area contributed by atoms with E-state index >= 15 is 0 Å². The van der Waals surface area contributed by atoms with Crippen molar-refractivity contribution >= 4 is 5.91 Å². The van der Waals surface area contributed by atoms with E-state index in [4.69, 9.17) is 0 Å². The molecule has 0 radical (unpaired) electrons. The summed E-state index contributed by atoms with van der Waals surface area (Å²) in [4.78, 5) is 18.7. The lowest BCUT2D eigenvalue weighted by Crippen LogP contribution is -2.58. The van der Waals surface area contributed by atoms with Crippen LogP contribution in [-0.2, 0) is 12.6 Å². The zero-order valence-electron chi connectivity index (χ0n) is 13.4. The standard InChI is InChI=1S/C16H13F6N3O/c1-8-10(4-9-2-3-11(16(20,21)22)24-13(9)17)5-23-12(8)14(26)25-6-15(18,19)7-25/h2-3,5,23H,4,6-7H2,1H3. The molecule has 1 saturated heterocycles. The van der Waals surface area contributed by atoms with E-state index in [9.17, 15) is 31.1 Å². The molecule has 4 nitrogen and oxygen atoms in total. The Morgan fingerprint density at radius 3 is 2.46 bits per heavy atom. The van der Waals surface area contributed by atoms with Gasteiger partial charge in [0.2, 0.25) is 5.95 Å². The molecular formula is C16H13F6N3O. The van der Waals surface area contributed by atoms with Crippen molar-refractivity contribution in [2.75, 3.05) is 13.1 Å². The lowest BCUT2D eigenvalue weighted by molar-refractivity contribution is -0.141. The zero-order chi connectivity index (χ0) is 19.3. The lowest BCUT2D eigenvalue weighted by atomic mass is 10.0. The second-order valence-corrected chi connectivity index (χ2v) is 6.15. The van der Waals surface area contributed by atoms with E-state index in [0.717, 1.165) is 11.0 Å². The Kier molecular flexibility index (Phi) is 4.24. The minimum atomic E-state index is -4.75. The summed E-state index contributed by atoms with van der Waals surface area (Å²) in [6.07, 6.45) is -3.44. The number of rotatable bonds is 3. The van der Waals surface area contributed by atoms with E-state index in [-0.39, 0.29) is 17.7 Å². The van der Waals surface area contributed by atoms with Gasteiger partial charge in [0.05, 0.1) is 13.1 Å². The topological polar surface area (TPSA) is 49.0 Å². The van der Waals surface area contributed by atoms with Crippen molar-refractivity contribution < 1.29 is 31.1 Å². The van der Waals surface area contributed by atoms with Crippen molar-refractivity contribution in [2.45, 2.75) is 25.4 Å². The van der Waals surface area contributed by atoms with E-state index < -0.39 is 42.7 Å². The number of nitrogens with zero attached hydrogens (tertiary/aromatic N) is 2. The number of amides is 1. The van der Waals surface area contributed by atoms with Crippen LogP contribution in [0, 0.1) is 12.9 Å². The molecule has 1 aliphatic heterocycles. The highest BCUT2D eigenvalue weighted by atomic mass is 19.4. The lowest BCUT2D eigenvalue weighted by Gasteiger charge is -2.38. The zero-order valence-corrected chi connectivity index (χ0v) is 13.4. The molecule has 1 aliphatic rings. The average Bonchev–Trinajstić information content (AvgIpc) is 2.86. The molecule has 3 rings (SSSR count). The fourth-order valence-electron chi connectivity index (χ4n) is 2.71. The number of carbonyl (C=O) groups excluding carboxylic acids is 1. The van der Waals surface area contributed by atoms with Gasteiger partial charge in [-0.15, -0.1) is 0 Å². The quantitative estimate of drug-likeness (QED) is 0.657. The van der Waals surface area contributed by atoms with Crippen molar-refractivity contribution in [3.8, 4) is 0 Å². The molecule has 0 bridgehead atoms. The number of pyridine rings is 1. The number of hydrogen-bond donors (Lipinski definition) is 1. The normalized spacial score (nSPS) is 16.5. The predicted octanol–water partition coefficient (Wildman–Crippen LogP) is 3.56. The number of alkyl halides is 5. The maximum absolute atomic E-state index is 13.9. The van der Waals surface area contributed by atoms with Gasteiger partial charge in [-0.25, -0.2) is 13.8 Å². The molecule has 10 heteroatoms. The molecule has 1 fully saturated rings. The maximum atomic E-state index is 13.9. The minimum Gasteiger partial charge on any atom is -0.357 e. The Labute approximate surface area is 143 Å². The Hall–Kier alpha value is -2.52. The Bertz CT molecular complexity index is 850. The van der Waals surface area contributed by atoms with Gasteiger partial charge in [0.1, 0.15) is 11.4 Å². The summed E-state index contributed by atoms with van der Waals surface area (Å²) in [5, 5.41) is 0. The number of hydrogen-bond acceptors (Lipinski definition) is 2. The summed E-state index contributed by atoms with van der Waals surface area (Å²) in [6, 6.07) is 1.66. The third-order valence-electron chi connectivity index (χ3n) is 4.19. The highest BCUT2D eigenvalue weighted by molar-refractivity contribution is 5.95. The summed E-state index contributed by atoms with van der Waals surface area (Å²) >= 11 is 0.